The molecule has 0 spiro atoms. The average Bonchev–Trinajstić information content (AvgIpc) is 2.41. The third kappa shape index (κ3) is 1.83. The maximum absolute atomic E-state index is 13.8. The minimum Gasteiger partial charge on any atom is -0.461 e. The highest BCUT2D eigenvalue weighted by Gasteiger charge is 3.03. The van der Waals surface area contributed by atoms with E-state index in [1.165, 1.54) is 0 Å². The third-order valence-corrected chi connectivity index (χ3v) is 3.05. The second-order valence-corrected chi connectivity index (χ2v) is 4.39. The highest BCUT2D eigenvalue weighted by atomic mass is 19.4. The Bertz CT molecular complexity index is 471. The second kappa shape index (κ2) is 4.83. The van der Waals surface area contributed by atoms with Gasteiger partial charge in [0.1, 0.15) is 6.61 Å². The molecule has 0 saturated heterocycles. The smallest absolute Gasteiger partial charge is 0.384 e. The molecular formula is C9H5F11O3. The zero-order valence-corrected chi connectivity index (χ0v) is 10.3. The molecule has 1 aliphatic rings. The van der Waals surface area contributed by atoms with E-state index < -0.39 is 54.5 Å². The van der Waals surface area contributed by atoms with Gasteiger partial charge in [-0.3, -0.25) is 0 Å². The molecule has 0 aromatic heterocycles. The number of halogens is 11. The van der Waals surface area contributed by atoms with Gasteiger partial charge in [-0.15, -0.1) is 0 Å². The minimum absolute atomic E-state index is 1.32. The van der Waals surface area contributed by atoms with Crippen LogP contribution in [0.3, 0.4) is 0 Å². The lowest BCUT2D eigenvalue weighted by atomic mass is 9.72. The number of hydrogen-bond donors (Lipinski definition) is 1. The highest BCUT2D eigenvalue weighted by molar-refractivity contribution is 5.84. The fourth-order valence-electron chi connectivity index (χ4n) is 1.72. The Morgan fingerprint density at radius 2 is 1.00 bits per heavy atom. The van der Waals surface area contributed by atoms with E-state index in [1.807, 2.05) is 0 Å². The molecule has 1 fully saturated rings. The van der Waals surface area contributed by atoms with Gasteiger partial charge in [0.05, 0.1) is 6.61 Å². The van der Waals surface area contributed by atoms with Crippen LogP contribution >= 0.6 is 0 Å². The Hall–Kier alpha value is -1.34. The standard InChI is InChI=1S/C9H5F11O3/c10-4(3(22)23-2-1-21)5(11,12)7(15,16)9(19,20)8(17,18)6(4,13)14/h21H,1-2H2. The second-order valence-electron chi connectivity index (χ2n) is 4.39. The topological polar surface area (TPSA) is 46.5 Å². The predicted molar refractivity (Wildman–Crippen MR) is 46.6 cm³/mol. The van der Waals surface area contributed by atoms with Crippen LogP contribution in [-0.4, -0.2) is 59.6 Å². The number of aliphatic hydroxyl groups is 1. The predicted octanol–water partition coefficient (Wildman–Crippen LogP) is 2.42. The summed E-state index contributed by atoms with van der Waals surface area (Å²) in [5.41, 5.74) is -6.82. The summed E-state index contributed by atoms with van der Waals surface area (Å²) < 4.78 is 148. The van der Waals surface area contributed by atoms with Crippen LogP contribution < -0.4 is 0 Å². The van der Waals surface area contributed by atoms with Crippen molar-refractivity contribution in [3.05, 3.63) is 0 Å². The molecule has 0 bridgehead atoms. The van der Waals surface area contributed by atoms with Crippen LogP contribution in [0.4, 0.5) is 48.3 Å². The zero-order valence-electron chi connectivity index (χ0n) is 10.3. The van der Waals surface area contributed by atoms with Gasteiger partial charge in [0.15, 0.2) is 0 Å². The lowest BCUT2D eigenvalue weighted by Gasteiger charge is -2.50. The number of alkyl halides is 11. The molecule has 3 nitrogen and oxygen atoms in total. The van der Waals surface area contributed by atoms with Crippen molar-refractivity contribution in [3.63, 3.8) is 0 Å². The monoisotopic (exact) mass is 370 g/mol. The van der Waals surface area contributed by atoms with E-state index in [1.54, 1.807) is 0 Å². The van der Waals surface area contributed by atoms with Gasteiger partial charge in [-0.1, -0.05) is 0 Å². The summed E-state index contributed by atoms with van der Waals surface area (Å²) in [5.74, 6) is -40.3. The Morgan fingerprint density at radius 3 is 1.30 bits per heavy atom. The van der Waals surface area contributed by atoms with Crippen LogP contribution in [0.5, 0.6) is 0 Å². The summed E-state index contributed by atoms with van der Waals surface area (Å²) in [6.45, 7) is -2.84. The average molecular weight is 370 g/mol. The molecule has 14 heteroatoms. The Balaban J connectivity index is 3.71. The van der Waals surface area contributed by atoms with Gasteiger partial charge in [-0.2, -0.15) is 43.9 Å². The number of ether oxygens (including phenoxy) is 1. The molecule has 0 unspecified atom stereocenters. The Labute approximate surface area is 119 Å². The number of esters is 1. The van der Waals surface area contributed by atoms with Crippen molar-refractivity contribution in [1.29, 1.82) is 0 Å². The molecule has 23 heavy (non-hydrogen) atoms. The largest absolute Gasteiger partial charge is 0.461 e. The van der Waals surface area contributed by atoms with Gasteiger partial charge in [-0.25, -0.2) is 9.18 Å². The molecule has 0 radical (unpaired) electrons. The van der Waals surface area contributed by atoms with Crippen molar-refractivity contribution in [3.8, 4) is 0 Å². The highest BCUT2D eigenvalue weighted by Crippen LogP contribution is 2.69. The van der Waals surface area contributed by atoms with Crippen LogP contribution in [0.25, 0.3) is 0 Å². The summed E-state index contributed by atoms with van der Waals surface area (Å²) >= 11 is 0. The Kier molecular flexibility index (Phi) is 4.14. The van der Waals surface area contributed by atoms with Gasteiger partial charge >= 0.3 is 41.3 Å². The van der Waals surface area contributed by atoms with Gasteiger partial charge in [0, 0.05) is 0 Å². The van der Waals surface area contributed by atoms with E-state index in [9.17, 15) is 53.1 Å². The molecule has 0 heterocycles. The lowest BCUT2D eigenvalue weighted by Crippen LogP contribution is -2.85. The number of rotatable bonds is 3. The summed E-state index contributed by atoms with van der Waals surface area (Å²) in [5, 5.41) is 8.16. The van der Waals surface area contributed by atoms with Gasteiger partial charge < -0.3 is 9.84 Å². The normalized spacial score (nSPS) is 28.9. The lowest BCUT2D eigenvalue weighted by molar-refractivity contribution is -0.478. The Morgan fingerprint density at radius 1 is 0.696 bits per heavy atom. The molecule has 0 aromatic rings. The molecule has 1 rings (SSSR count). The van der Waals surface area contributed by atoms with Crippen molar-refractivity contribution >= 4 is 5.97 Å². The fourth-order valence-corrected chi connectivity index (χ4v) is 1.72. The summed E-state index contributed by atoms with van der Waals surface area (Å²) in [7, 11) is 0. The SMILES string of the molecule is O=C(OCCO)C1(F)C(F)(F)C(F)(F)C(F)(F)C(F)(F)C1(F)F. The molecular weight excluding hydrogens is 365 g/mol. The molecule has 136 valence electrons. The maximum atomic E-state index is 13.8. The quantitative estimate of drug-likeness (QED) is 0.613. The molecule has 1 N–H and O–H groups in total. The molecule has 0 aliphatic heterocycles. The van der Waals surface area contributed by atoms with E-state index in [-0.39, 0.29) is 0 Å². The first-order valence-electron chi connectivity index (χ1n) is 5.34. The van der Waals surface area contributed by atoms with Gasteiger partial charge in [-0.05, 0) is 0 Å². The third-order valence-electron chi connectivity index (χ3n) is 3.05. The first kappa shape index (κ1) is 19.7. The molecule has 0 atom stereocenters. The molecule has 0 aromatic carbocycles. The summed E-state index contributed by atoms with van der Waals surface area (Å²) in [4.78, 5) is 10.9. The van der Waals surface area contributed by atoms with E-state index in [0.29, 0.717) is 0 Å². The van der Waals surface area contributed by atoms with Gasteiger partial charge in [0.2, 0.25) is 0 Å². The zero-order chi connectivity index (χ0) is 18.7. The molecule has 1 aliphatic carbocycles. The summed E-state index contributed by atoms with van der Waals surface area (Å²) in [6, 6.07) is 0. The number of carbonyl (C=O) groups excluding carboxylic acids is 1. The van der Waals surface area contributed by atoms with E-state index in [4.69, 9.17) is 5.11 Å². The van der Waals surface area contributed by atoms with Crippen molar-refractivity contribution in [2.24, 2.45) is 0 Å². The minimum atomic E-state index is -7.39. The van der Waals surface area contributed by atoms with Crippen LogP contribution in [0.1, 0.15) is 0 Å². The van der Waals surface area contributed by atoms with E-state index >= 15 is 0 Å². The van der Waals surface area contributed by atoms with E-state index in [0.717, 1.165) is 0 Å². The molecule has 0 amide bonds. The first-order valence-corrected chi connectivity index (χ1v) is 5.34. The number of aliphatic hydroxyl groups excluding tert-OH is 1. The van der Waals surface area contributed by atoms with Crippen molar-refractivity contribution in [1.82, 2.24) is 0 Å². The number of carbonyl (C=O) groups is 1. The van der Waals surface area contributed by atoms with Crippen LogP contribution in [0.2, 0.25) is 0 Å². The van der Waals surface area contributed by atoms with Crippen LogP contribution in [0.15, 0.2) is 0 Å². The maximum Gasteiger partial charge on any atom is 0.384 e. The van der Waals surface area contributed by atoms with Crippen molar-refractivity contribution < 1.29 is 62.9 Å². The van der Waals surface area contributed by atoms with Crippen LogP contribution in [0, 0.1) is 0 Å². The summed E-state index contributed by atoms with van der Waals surface area (Å²) in [6.07, 6.45) is 0. The van der Waals surface area contributed by atoms with Crippen molar-refractivity contribution in [2.75, 3.05) is 13.2 Å². The number of hydrogen-bond acceptors (Lipinski definition) is 3. The fraction of sp³-hybridized carbons (Fsp3) is 0.889. The van der Waals surface area contributed by atoms with Crippen molar-refractivity contribution in [2.45, 2.75) is 35.3 Å². The van der Waals surface area contributed by atoms with Gasteiger partial charge in [0.25, 0.3) is 0 Å². The van der Waals surface area contributed by atoms with Crippen LogP contribution in [-0.2, 0) is 9.53 Å². The molecule has 1 saturated carbocycles. The van der Waals surface area contributed by atoms with E-state index in [2.05, 4.69) is 4.74 Å². The first-order chi connectivity index (χ1) is 9.98.